The monoisotopic (exact) mass is 423 g/mol. The molecule has 162 valence electrons. The molecule has 1 unspecified atom stereocenters. The third kappa shape index (κ3) is 9.82. The number of unbranched alkanes of at least 4 members (excludes halogenated alkanes) is 8. The fourth-order valence-electron chi connectivity index (χ4n) is 2.79. The first kappa shape index (κ1) is 24.8. The van der Waals surface area contributed by atoms with E-state index in [9.17, 15) is 13.3 Å². The second-order valence-corrected chi connectivity index (χ2v) is 8.73. The van der Waals surface area contributed by atoms with Gasteiger partial charge in [0.25, 0.3) is 7.52 Å². The highest BCUT2D eigenvalue weighted by molar-refractivity contribution is 7.55. The van der Waals surface area contributed by atoms with Crippen LogP contribution in [0.1, 0.15) is 64.7 Å². The first-order valence-electron chi connectivity index (χ1n) is 9.88. The summed E-state index contributed by atoms with van der Waals surface area (Å²) in [6.07, 6.45) is 8.58. The summed E-state index contributed by atoms with van der Waals surface area (Å²) in [5, 5.41) is 9.92. The molecule has 0 aliphatic heterocycles. The van der Waals surface area contributed by atoms with Crippen molar-refractivity contribution in [2.24, 2.45) is 0 Å². The smallest absolute Gasteiger partial charge is 0.289 e. The van der Waals surface area contributed by atoms with Crippen LogP contribution in [0.15, 0.2) is 12.1 Å². The van der Waals surface area contributed by atoms with Gasteiger partial charge >= 0.3 is 0 Å². The van der Waals surface area contributed by atoms with Gasteiger partial charge in [0.1, 0.15) is 0 Å². The van der Waals surface area contributed by atoms with Gasteiger partial charge in [-0.15, -0.1) is 5.25 Å². The van der Waals surface area contributed by atoms with E-state index < -0.39 is 19.2 Å². The molecule has 1 aromatic rings. The van der Waals surface area contributed by atoms with Crippen LogP contribution in [0.2, 0.25) is 0 Å². The molecule has 1 aromatic carbocycles. The summed E-state index contributed by atoms with van der Waals surface area (Å²) < 4.78 is 49.0. The molecule has 0 radical (unpaired) electrons. The van der Waals surface area contributed by atoms with Gasteiger partial charge in [-0.25, -0.2) is 0 Å². The van der Waals surface area contributed by atoms with Crippen molar-refractivity contribution in [3.63, 3.8) is 0 Å². The van der Waals surface area contributed by atoms with E-state index in [0.29, 0.717) is 13.0 Å². The molecule has 1 atom stereocenters. The molecule has 0 heterocycles. The van der Waals surface area contributed by atoms with E-state index in [1.807, 2.05) is 0 Å². The Balaban J connectivity index is 2.02. The number of hydrogen-bond acceptors (Lipinski definition) is 4. The van der Waals surface area contributed by atoms with Crippen molar-refractivity contribution in [2.75, 3.05) is 19.4 Å². The molecule has 1 rings (SSSR count). The summed E-state index contributed by atoms with van der Waals surface area (Å²) in [4.78, 5) is 9.14. The van der Waals surface area contributed by atoms with E-state index in [2.05, 4.69) is 0 Å². The maximum absolute atomic E-state index is 13.8. The van der Waals surface area contributed by atoms with Crippen LogP contribution in [0, 0.1) is 11.6 Å². The van der Waals surface area contributed by atoms with Gasteiger partial charge in [-0.3, -0.25) is 4.57 Å². The van der Waals surface area contributed by atoms with Crippen LogP contribution in [0.3, 0.4) is 0 Å². The first-order valence-corrected chi connectivity index (χ1v) is 11.7. The van der Waals surface area contributed by atoms with Crippen LogP contribution in [0.5, 0.6) is 11.5 Å². The molecule has 0 saturated carbocycles. The fourth-order valence-corrected chi connectivity index (χ4v) is 3.54. The van der Waals surface area contributed by atoms with Crippen molar-refractivity contribution in [3.05, 3.63) is 23.8 Å². The van der Waals surface area contributed by atoms with E-state index in [1.165, 1.54) is 17.4 Å². The number of rotatable bonds is 16. The second kappa shape index (κ2) is 13.9. The Morgan fingerprint density at radius 1 is 0.893 bits per heavy atom. The first-order chi connectivity index (χ1) is 13.4. The van der Waals surface area contributed by atoms with Crippen molar-refractivity contribution < 1.29 is 32.9 Å². The fraction of sp³-hybridized carbons (Fsp3) is 0.684. The van der Waals surface area contributed by atoms with Crippen LogP contribution in [0.4, 0.5) is 8.78 Å². The van der Waals surface area contributed by atoms with Gasteiger partial charge in [0, 0.05) is 6.16 Å². The van der Waals surface area contributed by atoms with E-state index in [4.69, 9.17) is 19.6 Å². The second-order valence-electron chi connectivity index (χ2n) is 6.68. The van der Waals surface area contributed by atoms with Crippen molar-refractivity contribution in [1.29, 1.82) is 0 Å². The molecule has 6 nitrogen and oxygen atoms in total. The highest BCUT2D eigenvalue weighted by Crippen LogP contribution is 2.35. The van der Waals surface area contributed by atoms with Crippen LogP contribution < -0.4 is 14.7 Å². The molecular formula is C19H32F2NO5P. The maximum Gasteiger partial charge on any atom is 0.289 e. The summed E-state index contributed by atoms with van der Waals surface area (Å²) in [5.41, 5.74) is 0. The molecule has 0 bridgehead atoms. The van der Waals surface area contributed by atoms with Crippen molar-refractivity contribution in [1.82, 2.24) is 5.25 Å². The predicted molar refractivity (Wildman–Crippen MR) is 104 cm³/mol. The van der Waals surface area contributed by atoms with Gasteiger partial charge in [0.15, 0.2) is 11.5 Å². The quantitative estimate of drug-likeness (QED) is 0.187. The lowest BCUT2D eigenvalue weighted by molar-refractivity contribution is 0.222. The molecule has 0 aliphatic carbocycles. The minimum atomic E-state index is -3.54. The van der Waals surface area contributed by atoms with Crippen LogP contribution >= 0.6 is 7.52 Å². The molecule has 0 saturated heterocycles. The van der Waals surface area contributed by atoms with Crippen LogP contribution in [0.25, 0.3) is 0 Å². The molecule has 0 aromatic heterocycles. The zero-order chi connectivity index (χ0) is 20.8. The Morgan fingerprint density at radius 2 is 1.36 bits per heavy atom. The third-order valence-electron chi connectivity index (χ3n) is 4.33. The standard InChI is InChI=1S/C19H32F2NO5P/c1-2-26-16-12-13-17(19(21)18(16)20)27-14-10-8-6-4-3-5-7-9-11-15-28(24,25)22-23/h12-13,23H,2-11,14-15H2,1H3,(H2,22,24,25). The van der Waals surface area contributed by atoms with Gasteiger partial charge < -0.3 is 19.6 Å². The number of nitrogens with one attached hydrogen (secondary N) is 1. The minimum absolute atomic E-state index is 0.0857. The van der Waals surface area contributed by atoms with Crippen LogP contribution in [-0.2, 0) is 4.57 Å². The van der Waals surface area contributed by atoms with Crippen LogP contribution in [-0.4, -0.2) is 29.5 Å². The normalized spacial score (nSPS) is 13.3. The number of hydrogen-bond donors (Lipinski definition) is 3. The summed E-state index contributed by atoms with van der Waals surface area (Å²) in [7, 11) is -3.54. The highest BCUT2D eigenvalue weighted by atomic mass is 31.2. The van der Waals surface area contributed by atoms with E-state index in [0.717, 1.165) is 51.4 Å². The lowest BCUT2D eigenvalue weighted by atomic mass is 10.1. The minimum Gasteiger partial charge on any atom is -0.491 e. The van der Waals surface area contributed by atoms with Crippen molar-refractivity contribution in [3.8, 4) is 11.5 Å². The largest absolute Gasteiger partial charge is 0.491 e. The number of benzene rings is 1. The van der Waals surface area contributed by atoms with Crippen molar-refractivity contribution in [2.45, 2.75) is 64.7 Å². The van der Waals surface area contributed by atoms with Gasteiger partial charge in [-0.2, -0.15) is 8.78 Å². The lowest BCUT2D eigenvalue weighted by Gasteiger charge is -2.10. The SMILES string of the molecule is CCOc1ccc(OCCCCCCCCCCCP(=O)(O)NO)c(F)c1F. The topological polar surface area (TPSA) is 88.0 Å². The summed E-state index contributed by atoms with van der Waals surface area (Å²) in [6, 6.07) is 2.76. The molecule has 0 aliphatic rings. The highest BCUT2D eigenvalue weighted by Gasteiger charge is 2.15. The Hall–Kier alpha value is -1.21. The maximum atomic E-state index is 13.8. The lowest BCUT2D eigenvalue weighted by Crippen LogP contribution is -2.06. The Labute approximate surface area is 165 Å². The molecule has 3 N–H and O–H groups in total. The number of ether oxygens (including phenoxy) is 2. The Morgan fingerprint density at radius 3 is 1.86 bits per heavy atom. The molecule has 0 amide bonds. The summed E-state index contributed by atoms with van der Waals surface area (Å²) in [5.74, 6) is -2.24. The Bertz CT molecular complexity index is 618. The number of halogens is 2. The molecular weight excluding hydrogens is 391 g/mol. The zero-order valence-corrected chi connectivity index (χ0v) is 17.4. The molecule has 0 fully saturated rings. The Kier molecular flexibility index (Phi) is 12.3. The summed E-state index contributed by atoms with van der Waals surface area (Å²) in [6.45, 7) is 2.31. The average molecular weight is 423 g/mol. The molecule has 0 spiro atoms. The van der Waals surface area contributed by atoms with E-state index in [-0.39, 0.29) is 24.3 Å². The molecule has 28 heavy (non-hydrogen) atoms. The van der Waals surface area contributed by atoms with Gasteiger partial charge in [0.05, 0.1) is 13.2 Å². The van der Waals surface area contributed by atoms with E-state index in [1.54, 1.807) is 6.92 Å². The van der Waals surface area contributed by atoms with Gasteiger partial charge in [-0.05, 0) is 31.9 Å². The van der Waals surface area contributed by atoms with E-state index >= 15 is 0 Å². The zero-order valence-electron chi connectivity index (χ0n) is 16.5. The third-order valence-corrected chi connectivity index (χ3v) is 5.57. The average Bonchev–Trinajstić information content (AvgIpc) is 2.68. The van der Waals surface area contributed by atoms with Crippen molar-refractivity contribution >= 4 is 7.52 Å². The van der Waals surface area contributed by atoms with Gasteiger partial charge in [-0.1, -0.05) is 44.9 Å². The predicted octanol–water partition coefficient (Wildman–Crippen LogP) is 5.42. The summed E-state index contributed by atoms with van der Waals surface area (Å²) >= 11 is 0. The molecule has 9 heteroatoms. The van der Waals surface area contributed by atoms with Gasteiger partial charge in [0.2, 0.25) is 11.6 Å².